The van der Waals surface area contributed by atoms with E-state index >= 15 is 0 Å². The fraction of sp³-hybridized carbons (Fsp3) is 0.385. The van der Waals surface area contributed by atoms with Gasteiger partial charge in [0.1, 0.15) is 0 Å². The summed E-state index contributed by atoms with van der Waals surface area (Å²) in [4.78, 5) is 35.0. The molecule has 8 heteroatoms. The first-order chi connectivity index (χ1) is 9.86. The number of para-hydroxylation sites is 1. The normalized spacial score (nSPS) is 11.8. The molecule has 0 spiro atoms. The molecular formula is C13H18N4O4. The van der Waals surface area contributed by atoms with Crippen LogP contribution in [0.25, 0.3) is 0 Å². The number of carbonyl (C=O) groups excluding carboxylic acids is 2. The van der Waals surface area contributed by atoms with Crippen molar-refractivity contribution < 1.29 is 14.5 Å². The number of likely N-dealkylation sites (N-methyl/N-ethyl adjacent to an activating group) is 1. The van der Waals surface area contributed by atoms with Crippen molar-refractivity contribution in [3.63, 3.8) is 0 Å². The van der Waals surface area contributed by atoms with Crippen LogP contribution in [0, 0.1) is 10.1 Å². The Morgan fingerprint density at radius 3 is 2.57 bits per heavy atom. The number of nitrogens with one attached hydrogen (secondary N) is 2. The number of nitro groups is 1. The smallest absolute Gasteiger partial charge is 0.321 e. The molecule has 0 saturated heterocycles. The predicted molar refractivity (Wildman–Crippen MR) is 76.6 cm³/mol. The summed E-state index contributed by atoms with van der Waals surface area (Å²) in [5, 5.41) is 15.4. The van der Waals surface area contributed by atoms with Crippen LogP contribution in [0.15, 0.2) is 24.3 Å². The first-order valence-electron chi connectivity index (χ1n) is 6.32. The van der Waals surface area contributed by atoms with Crippen molar-refractivity contribution in [2.24, 2.45) is 0 Å². The van der Waals surface area contributed by atoms with Gasteiger partial charge in [-0.15, -0.1) is 0 Å². The predicted octanol–water partition coefficient (Wildman–Crippen LogP) is 0.871. The molecule has 0 aliphatic rings. The third kappa shape index (κ3) is 4.53. The average Bonchev–Trinajstić information content (AvgIpc) is 2.46. The molecule has 0 heterocycles. The Kier molecular flexibility index (Phi) is 5.79. The van der Waals surface area contributed by atoms with Gasteiger partial charge < -0.3 is 5.32 Å². The zero-order valence-electron chi connectivity index (χ0n) is 12.1. The highest BCUT2D eigenvalue weighted by Crippen LogP contribution is 2.19. The standard InChI is InChI=1S/C13H18N4O4/c1-9(12(18)15-13(19)14-2)16(3)8-10-6-4-5-7-11(10)17(20)21/h4-7,9H,8H2,1-3H3,(H2,14,15,18,19)/t9-/m1/s1. The van der Waals surface area contributed by atoms with E-state index in [1.165, 1.54) is 13.1 Å². The van der Waals surface area contributed by atoms with Crippen LogP contribution in [0.2, 0.25) is 0 Å². The SMILES string of the molecule is CNC(=O)NC(=O)[C@@H](C)N(C)Cc1ccccc1[N+](=O)[O-]. The Morgan fingerprint density at radius 1 is 1.38 bits per heavy atom. The van der Waals surface area contributed by atoms with Gasteiger partial charge in [0.25, 0.3) is 5.69 Å². The average molecular weight is 294 g/mol. The van der Waals surface area contributed by atoms with E-state index in [2.05, 4.69) is 10.6 Å². The number of imide groups is 1. The van der Waals surface area contributed by atoms with E-state index in [4.69, 9.17) is 0 Å². The van der Waals surface area contributed by atoms with E-state index in [-0.39, 0.29) is 12.2 Å². The molecule has 1 rings (SSSR count). The zero-order valence-corrected chi connectivity index (χ0v) is 12.1. The van der Waals surface area contributed by atoms with E-state index in [1.807, 2.05) is 0 Å². The number of nitro benzene ring substituents is 1. The van der Waals surface area contributed by atoms with Crippen molar-refractivity contribution in [2.45, 2.75) is 19.5 Å². The number of carbonyl (C=O) groups is 2. The molecule has 0 unspecified atom stereocenters. The topological polar surface area (TPSA) is 105 Å². The molecule has 0 saturated carbocycles. The molecule has 114 valence electrons. The van der Waals surface area contributed by atoms with Crippen LogP contribution in [-0.4, -0.2) is 41.9 Å². The van der Waals surface area contributed by atoms with Crippen LogP contribution in [0.1, 0.15) is 12.5 Å². The molecule has 21 heavy (non-hydrogen) atoms. The van der Waals surface area contributed by atoms with Gasteiger partial charge in [0.2, 0.25) is 5.91 Å². The van der Waals surface area contributed by atoms with E-state index in [0.29, 0.717) is 5.56 Å². The second-order valence-electron chi connectivity index (χ2n) is 4.55. The molecule has 0 aliphatic heterocycles. The van der Waals surface area contributed by atoms with Crippen molar-refractivity contribution in [3.8, 4) is 0 Å². The van der Waals surface area contributed by atoms with Crippen LogP contribution in [0.4, 0.5) is 10.5 Å². The Morgan fingerprint density at radius 2 is 2.00 bits per heavy atom. The monoisotopic (exact) mass is 294 g/mol. The lowest BCUT2D eigenvalue weighted by atomic mass is 10.1. The van der Waals surface area contributed by atoms with Gasteiger partial charge in [0.05, 0.1) is 11.0 Å². The maximum absolute atomic E-state index is 11.8. The first kappa shape index (κ1) is 16.6. The molecule has 3 amide bonds. The molecule has 0 fully saturated rings. The Bertz CT molecular complexity index is 547. The number of nitrogens with zero attached hydrogens (tertiary/aromatic N) is 2. The molecule has 8 nitrogen and oxygen atoms in total. The summed E-state index contributed by atoms with van der Waals surface area (Å²) in [6.07, 6.45) is 0. The van der Waals surface area contributed by atoms with Crippen molar-refractivity contribution in [2.75, 3.05) is 14.1 Å². The molecule has 0 radical (unpaired) electrons. The minimum Gasteiger partial charge on any atom is -0.341 e. The number of hydrogen-bond acceptors (Lipinski definition) is 5. The third-order valence-electron chi connectivity index (χ3n) is 3.11. The third-order valence-corrected chi connectivity index (χ3v) is 3.11. The highest BCUT2D eigenvalue weighted by Gasteiger charge is 2.22. The van der Waals surface area contributed by atoms with Crippen molar-refractivity contribution in [1.29, 1.82) is 0 Å². The summed E-state index contributed by atoms with van der Waals surface area (Å²) < 4.78 is 0. The number of rotatable bonds is 5. The molecule has 1 aromatic rings. The number of benzene rings is 1. The van der Waals surface area contributed by atoms with Crippen LogP contribution in [0.5, 0.6) is 0 Å². The largest absolute Gasteiger partial charge is 0.341 e. The lowest BCUT2D eigenvalue weighted by Crippen LogP contribution is -2.47. The quantitative estimate of drug-likeness (QED) is 0.619. The minimum atomic E-state index is -0.609. The van der Waals surface area contributed by atoms with Gasteiger partial charge in [-0.2, -0.15) is 0 Å². The van der Waals surface area contributed by atoms with E-state index < -0.39 is 22.9 Å². The number of amides is 3. The molecule has 0 aromatic heterocycles. The Balaban J connectivity index is 2.77. The second-order valence-corrected chi connectivity index (χ2v) is 4.55. The fourth-order valence-corrected chi connectivity index (χ4v) is 1.71. The summed E-state index contributed by atoms with van der Waals surface area (Å²) >= 11 is 0. The number of urea groups is 1. The molecule has 0 aliphatic carbocycles. The maximum atomic E-state index is 11.8. The second kappa shape index (κ2) is 7.34. The van der Waals surface area contributed by atoms with Crippen molar-refractivity contribution in [1.82, 2.24) is 15.5 Å². The summed E-state index contributed by atoms with van der Waals surface area (Å²) in [6, 6.07) is 5.14. The van der Waals surface area contributed by atoms with Gasteiger partial charge in [-0.05, 0) is 14.0 Å². The molecular weight excluding hydrogens is 276 g/mol. The highest BCUT2D eigenvalue weighted by molar-refractivity contribution is 5.96. The summed E-state index contributed by atoms with van der Waals surface area (Å²) in [5.74, 6) is -0.476. The van der Waals surface area contributed by atoms with Crippen molar-refractivity contribution >= 4 is 17.6 Å². The minimum absolute atomic E-state index is 0.00302. The van der Waals surface area contributed by atoms with Crippen LogP contribution in [0.3, 0.4) is 0 Å². The number of hydrogen-bond donors (Lipinski definition) is 2. The summed E-state index contributed by atoms with van der Waals surface area (Å²) in [6.45, 7) is 1.84. The summed E-state index contributed by atoms with van der Waals surface area (Å²) in [5.41, 5.74) is 0.507. The highest BCUT2D eigenvalue weighted by atomic mass is 16.6. The van der Waals surface area contributed by atoms with Gasteiger partial charge in [-0.25, -0.2) is 4.79 Å². The fourth-order valence-electron chi connectivity index (χ4n) is 1.71. The van der Waals surface area contributed by atoms with E-state index in [1.54, 1.807) is 37.1 Å². The lowest BCUT2D eigenvalue weighted by molar-refractivity contribution is -0.385. The van der Waals surface area contributed by atoms with E-state index in [0.717, 1.165) is 0 Å². The van der Waals surface area contributed by atoms with E-state index in [9.17, 15) is 19.7 Å². The lowest BCUT2D eigenvalue weighted by Gasteiger charge is -2.23. The maximum Gasteiger partial charge on any atom is 0.321 e. The molecule has 2 N–H and O–H groups in total. The van der Waals surface area contributed by atoms with Gasteiger partial charge in [0, 0.05) is 25.2 Å². The van der Waals surface area contributed by atoms with Gasteiger partial charge in [0.15, 0.2) is 0 Å². The molecule has 0 bridgehead atoms. The first-order valence-corrected chi connectivity index (χ1v) is 6.32. The van der Waals surface area contributed by atoms with Crippen LogP contribution < -0.4 is 10.6 Å². The summed E-state index contributed by atoms with van der Waals surface area (Å²) in [7, 11) is 3.06. The van der Waals surface area contributed by atoms with Gasteiger partial charge in [-0.3, -0.25) is 25.1 Å². The Hall–Kier alpha value is -2.48. The van der Waals surface area contributed by atoms with Gasteiger partial charge >= 0.3 is 6.03 Å². The molecule has 1 atom stereocenters. The Labute approximate surface area is 122 Å². The molecule has 1 aromatic carbocycles. The van der Waals surface area contributed by atoms with Crippen LogP contribution >= 0.6 is 0 Å². The zero-order chi connectivity index (χ0) is 16.0. The van der Waals surface area contributed by atoms with Crippen LogP contribution in [-0.2, 0) is 11.3 Å². The van der Waals surface area contributed by atoms with Crippen molar-refractivity contribution in [3.05, 3.63) is 39.9 Å². The van der Waals surface area contributed by atoms with Gasteiger partial charge in [-0.1, -0.05) is 18.2 Å².